The lowest BCUT2D eigenvalue weighted by molar-refractivity contribution is 0.0929. The summed E-state index contributed by atoms with van der Waals surface area (Å²) >= 11 is 16.6. The Morgan fingerprint density at radius 2 is 1.67 bits per heavy atom. The molecule has 4 nitrogen and oxygen atoms in total. The standard InChI is InChI=1S/C17H11Cl3O4/c18-17(19,20)10-22-16(21)24-15-14(11-6-2-1-3-7-11)12-8-4-5-9-13(12)23-15/h1-9H,10H2. The lowest BCUT2D eigenvalue weighted by atomic mass is 10.0. The molecule has 0 aliphatic rings. The van der Waals surface area contributed by atoms with E-state index in [9.17, 15) is 4.79 Å². The highest BCUT2D eigenvalue weighted by Crippen LogP contribution is 2.40. The molecule has 0 aliphatic carbocycles. The zero-order valence-corrected chi connectivity index (χ0v) is 14.4. The molecule has 24 heavy (non-hydrogen) atoms. The Kier molecular flexibility index (Phi) is 4.90. The molecular weight excluding hydrogens is 375 g/mol. The fourth-order valence-corrected chi connectivity index (χ4v) is 2.38. The minimum Gasteiger partial charge on any atom is -0.429 e. The Hall–Kier alpha value is -1.88. The summed E-state index contributed by atoms with van der Waals surface area (Å²) in [6, 6.07) is 16.8. The molecule has 0 fully saturated rings. The van der Waals surface area contributed by atoms with Gasteiger partial charge >= 0.3 is 12.1 Å². The summed E-state index contributed by atoms with van der Waals surface area (Å²) in [6.07, 6.45) is -1.02. The van der Waals surface area contributed by atoms with Gasteiger partial charge in [0.25, 0.3) is 0 Å². The average Bonchev–Trinajstić information content (AvgIpc) is 2.91. The molecule has 0 bridgehead atoms. The number of carbonyl (C=O) groups is 1. The number of carbonyl (C=O) groups excluding carboxylic acids is 1. The Morgan fingerprint density at radius 3 is 2.38 bits per heavy atom. The molecule has 0 aliphatic heterocycles. The summed E-state index contributed by atoms with van der Waals surface area (Å²) in [4.78, 5) is 11.8. The Bertz CT molecular complexity index is 853. The molecule has 0 N–H and O–H groups in total. The van der Waals surface area contributed by atoms with Gasteiger partial charge in [0.05, 0.1) is 5.56 Å². The first-order chi connectivity index (χ1) is 11.4. The third-order valence-corrected chi connectivity index (χ3v) is 3.48. The lowest BCUT2D eigenvalue weighted by Crippen LogP contribution is -2.19. The van der Waals surface area contributed by atoms with Crippen LogP contribution in [-0.4, -0.2) is 16.6 Å². The second-order valence-electron chi connectivity index (χ2n) is 4.88. The number of rotatable bonds is 3. The maximum absolute atomic E-state index is 11.8. The van der Waals surface area contributed by atoms with Crippen LogP contribution < -0.4 is 4.74 Å². The second-order valence-corrected chi connectivity index (χ2v) is 7.40. The molecule has 0 radical (unpaired) electrons. The number of halogens is 3. The number of hydrogen-bond acceptors (Lipinski definition) is 4. The number of hydrogen-bond donors (Lipinski definition) is 0. The maximum atomic E-state index is 11.8. The van der Waals surface area contributed by atoms with Crippen molar-refractivity contribution in [1.29, 1.82) is 0 Å². The zero-order chi connectivity index (χ0) is 17.2. The van der Waals surface area contributed by atoms with Gasteiger partial charge in [-0.05, 0) is 11.6 Å². The minimum absolute atomic E-state index is 0.0247. The van der Waals surface area contributed by atoms with Gasteiger partial charge in [-0.2, -0.15) is 0 Å². The van der Waals surface area contributed by atoms with Crippen LogP contribution in [0.5, 0.6) is 5.95 Å². The Balaban J connectivity index is 1.94. The molecule has 124 valence electrons. The van der Waals surface area contributed by atoms with Crippen LogP contribution in [0, 0.1) is 0 Å². The molecule has 1 heterocycles. The highest BCUT2D eigenvalue weighted by Gasteiger charge is 2.25. The summed E-state index contributed by atoms with van der Waals surface area (Å²) in [6.45, 7) is -0.433. The SMILES string of the molecule is O=C(OCC(Cl)(Cl)Cl)Oc1oc2ccccc2c1-c1ccccc1. The van der Waals surface area contributed by atoms with Crippen LogP contribution in [0.3, 0.4) is 0 Å². The predicted octanol–water partition coefficient (Wildman–Crippen LogP) is 5.99. The zero-order valence-electron chi connectivity index (χ0n) is 12.2. The van der Waals surface area contributed by atoms with Gasteiger partial charge < -0.3 is 13.9 Å². The van der Waals surface area contributed by atoms with Crippen molar-refractivity contribution in [3.05, 3.63) is 54.6 Å². The van der Waals surface area contributed by atoms with Gasteiger partial charge in [0.1, 0.15) is 12.2 Å². The smallest absolute Gasteiger partial charge is 0.429 e. The number of para-hydroxylation sites is 1. The Labute approximate surface area is 152 Å². The van der Waals surface area contributed by atoms with Crippen LogP contribution in [0.25, 0.3) is 22.1 Å². The van der Waals surface area contributed by atoms with E-state index in [0.717, 1.165) is 10.9 Å². The average molecular weight is 386 g/mol. The van der Waals surface area contributed by atoms with Crippen LogP contribution in [0.15, 0.2) is 59.0 Å². The number of alkyl halides is 3. The van der Waals surface area contributed by atoms with Crippen molar-refractivity contribution in [2.45, 2.75) is 3.79 Å². The van der Waals surface area contributed by atoms with Gasteiger partial charge in [-0.3, -0.25) is 0 Å². The van der Waals surface area contributed by atoms with Gasteiger partial charge in [0, 0.05) is 5.39 Å². The molecule has 3 aromatic rings. The fraction of sp³-hybridized carbons (Fsp3) is 0.118. The van der Waals surface area contributed by atoms with Crippen molar-refractivity contribution in [3.63, 3.8) is 0 Å². The van der Waals surface area contributed by atoms with Crippen LogP contribution in [0.4, 0.5) is 4.79 Å². The van der Waals surface area contributed by atoms with Gasteiger partial charge in [-0.25, -0.2) is 4.79 Å². The molecule has 3 rings (SSSR count). The van der Waals surface area contributed by atoms with Gasteiger partial charge in [0.2, 0.25) is 3.79 Å². The molecule has 0 saturated heterocycles. The van der Waals surface area contributed by atoms with E-state index in [2.05, 4.69) is 0 Å². The van der Waals surface area contributed by atoms with Crippen LogP contribution in [0.1, 0.15) is 0 Å². The van der Waals surface area contributed by atoms with E-state index < -0.39 is 16.6 Å². The fourth-order valence-electron chi connectivity index (χ4n) is 2.22. The summed E-state index contributed by atoms with van der Waals surface area (Å²) in [5, 5.41) is 0.813. The van der Waals surface area contributed by atoms with Crippen LogP contribution in [-0.2, 0) is 4.74 Å². The monoisotopic (exact) mass is 384 g/mol. The Morgan fingerprint density at radius 1 is 1.00 bits per heavy atom. The summed E-state index contributed by atoms with van der Waals surface area (Å²) < 4.78 is 13.9. The molecule has 0 amide bonds. The van der Waals surface area contributed by atoms with Crippen molar-refractivity contribution < 1.29 is 18.7 Å². The molecule has 2 aromatic carbocycles. The number of benzene rings is 2. The lowest BCUT2D eigenvalue weighted by Gasteiger charge is -2.10. The van der Waals surface area contributed by atoms with Crippen molar-refractivity contribution >= 4 is 51.9 Å². The summed E-state index contributed by atoms with van der Waals surface area (Å²) in [7, 11) is 0. The van der Waals surface area contributed by atoms with Gasteiger partial charge in [-0.15, -0.1) is 0 Å². The molecule has 1 aromatic heterocycles. The van der Waals surface area contributed by atoms with Crippen molar-refractivity contribution in [1.82, 2.24) is 0 Å². The number of ether oxygens (including phenoxy) is 2. The normalized spacial score (nSPS) is 11.5. The van der Waals surface area contributed by atoms with E-state index in [-0.39, 0.29) is 5.95 Å². The topological polar surface area (TPSA) is 48.7 Å². The van der Waals surface area contributed by atoms with Crippen molar-refractivity contribution in [2.24, 2.45) is 0 Å². The van der Waals surface area contributed by atoms with E-state index in [1.54, 1.807) is 6.07 Å². The van der Waals surface area contributed by atoms with Gasteiger partial charge in [-0.1, -0.05) is 83.3 Å². The first-order valence-corrected chi connectivity index (χ1v) is 8.06. The van der Waals surface area contributed by atoms with E-state index in [0.29, 0.717) is 11.1 Å². The van der Waals surface area contributed by atoms with Gasteiger partial charge in [0.15, 0.2) is 0 Å². The number of furan rings is 1. The second kappa shape index (κ2) is 6.93. The largest absolute Gasteiger partial charge is 0.516 e. The summed E-state index contributed by atoms with van der Waals surface area (Å²) in [5.41, 5.74) is 2.07. The third-order valence-electron chi connectivity index (χ3n) is 3.16. The van der Waals surface area contributed by atoms with E-state index >= 15 is 0 Å². The first kappa shape index (κ1) is 17.0. The van der Waals surface area contributed by atoms with Crippen LogP contribution >= 0.6 is 34.8 Å². The number of fused-ring (bicyclic) bond motifs is 1. The highest BCUT2D eigenvalue weighted by molar-refractivity contribution is 6.67. The quantitative estimate of drug-likeness (QED) is 0.411. The maximum Gasteiger partial charge on any atom is 0.516 e. The first-order valence-electron chi connectivity index (χ1n) is 6.92. The summed E-state index contributed by atoms with van der Waals surface area (Å²) in [5.74, 6) is 0.0247. The molecule has 0 saturated carbocycles. The van der Waals surface area contributed by atoms with Crippen molar-refractivity contribution in [3.8, 4) is 17.1 Å². The molecule has 0 spiro atoms. The van der Waals surface area contributed by atoms with Crippen LogP contribution in [0.2, 0.25) is 0 Å². The van der Waals surface area contributed by atoms with E-state index in [1.165, 1.54) is 0 Å². The van der Waals surface area contributed by atoms with E-state index in [4.69, 9.17) is 48.7 Å². The van der Waals surface area contributed by atoms with E-state index in [1.807, 2.05) is 48.5 Å². The molecule has 7 heteroatoms. The molecular formula is C17H11Cl3O4. The molecule has 0 atom stereocenters. The third kappa shape index (κ3) is 3.96. The molecule has 0 unspecified atom stereocenters. The highest BCUT2D eigenvalue weighted by atomic mass is 35.6. The minimum atomic E-state index is -1.71. The predicted molar refractivity (Wildman–Crippen MR) is 93.9 cm³/mol. The van der Waals surface area contributed by atoms with Crippen molar-refractivity contribution in [2.75, 3.05) is 6.61 Å².